The highest BCUT2D eigenvalue weighted by atomic mass is 79.9. The number of ether oxygens (including phenoxy) is 1. The third-order valence-electron chi connectivity index (χ3n) is 3.63. The molecule has 0 amide bonds. The molecule has 0 spiro atoms. The fourth-order valence-electron chi connectivity index (χ4n) is 2.18. The summed E-state index contributed by atoms with van der Waals surface area (Å²) in [5.41, 5.74) is 5.77. The molecular formula is C14H15BrClN3O2. The van der Waals surface area contributed by atoms with E-state index in [1.807, 2.05) is 6.07 Å². The first kappa shape index (κ1) is 14.8. The second-order valence-electron chi connectivity index (χ2n) is 5.19. The Morgan fingerprint density at radius 1 is 1.43 bits per heavy atom. The van der Waals surface area contributed by atoms with Crippen LogP contribution in [0.2, 0.25) is 5.02 Å². The highest BCUT2D eigenvalue weighted by Gasteiger charge is 2.38. The molecule has 7 heteroatoms. The molecule has 21 heavy (non-hydrogen) atoms. The molecule has 5 nitrogen and oxygen atoms in total. The summed E-state index contributed by atoms with van der Waals surface area (Å²) in [5.74, 6) is 1.89. The number of nitrogens with two attached hydrogens (primary N) is 1. The summed E-state index contributed by atoms with van der Waals surface area (Å²) >= 11 is 9.28. The average molecular weight is 373 g/mol. The van der Waals surface area contributed by atoms with E-state index < -0.39 is 0 Å². The predicted molar refractivity (Wildman–Crippen MR) is 82.4 cm³/mol. The van der Waals surface area contributed by atoms with Crippen LogP contribution in [0, 0.1) is 0 Å². The van der Waals surface area contributed by atoms with Crippen molar-refractivity contribution in [3.05, 3.63) is 39.4 Å². The first-order chi connectivity index (χ1) is 10.1. The van der Waals surface area contributed by atoms with E-state index >= 15 is 0 Å². The zero-order valence-electron chi connectivity index (χ0n) is 11.3. The molecule has 1 heterocycles. The number of nitrogens with zero attached hydrogens (tertiary/aromatic N) is 2. The van der Waals surface area contributed by atoms with Gasteiger partial charge in [-0.05, 0) is 53.4 Å². The van der Waals surface area contributed by atoms with Gasteiger partial charge in [0.15, 0.2) is 5.82 Å². The summed E-state index contributed by atoms with van der Waals surface area (Å²) in [6.45, 7) is 0.444. The van der Waals surface area contributed by atoms with Crippen LogP contribution >= 0.6 is 27.5 Å². The minimum Gasteiger partial charge on any atom is -0.492 e. The van der Waals surface area contributed by atoms with Gasteiger partial charge in [0.1, 0.15) is 5.75 Å². The van der Waals surface area contributed by atoms with Crippen molar-refractivity contribution in [1.82, 2.24) is 10.1 Å². The molecule has 2 aromatic rings. The molecule has 1 aromatic carbocycles. The van der Waals surface area contributed by atoms with E-state index in [9.17, 15) is 0 Å². The van der Waals surface area contributed by atoms with Gasteiger partial charge >= 0.3 is 0 Å². The fourth-order valence-corrected chi connectivity index (χ4v) is 2.98. The van der Waals surface area contributed by atoms with Crippen molar-refractivity contribution in [2.75, 3.05) is 6.61 Å². The molecule has 0 aliphatic heterocycles. The largest absolute Gasteiger partial charge is 0.492 e. The first-order valence-electron chi connectivity index (χ1n) is 6.77. The number of rotatable bonds is 5. The van der Waals surface area contributed by atoms with E-state index in [-0.39, 0.29) is 5.54 Å². The van der Waals surface area contributed by atoms with Crippen LogP contribution in [-0.4, -0.2) is 16.7 Å². The predicted octanol–water partition coefficient (Wildman–Crippen LogP) is 3.44. The number of benzene rings is 1. The van der Waals surface area contributed by atoms with Gasteiger partial charge in [-0.1, -0.05) is 16.8 Å². The number of hydrogen-bond acceptors (Lipinski definition) is 5. The third-order valence-corrected chi connectivity index (χ3v) is 4.48. The van der Waals surface area contributed by atoms with Gasteiger partial charge in [-0.25, -0.2) is 0 Å². The Labute approximate surface area is 135 Å². The molecule has 1 fully saturated rings. The molecular weight excluding hydrogens is 358 g/mol. The second kappa shape index (κ2) is 5.94. The van der Waals surface area contributed by atoms with Crippen molar-refractivity contribution in [1.29, 1.82) is 0 Å². The molecule has 1 aliphatic rings. The highest BCUT2D eigenvalue weighted by Crippen LogP contribution is 2.36. The number of hydrogen-bond donors (Lipinski definition) is 1. The zero-order chi connectivity index (χ0) is 14.9. The van der Waals surface area contributed by atoms with E-state index in [4.69, 9.17) is 26.6 Å². The van der Waals surface area contributed by atoms with Gasteiger partial charge in [0.2, 0.25) is 5.89 Å². The van der Waals surface area contributed by atoms with Gasteiger partial charge in [0.25, 0.3) is 0 Å². The molecule has 112 valence electrons. The summed E-state index contributed by atoms with van der Waals surface area (Å²) in [6.07, 6.45) is 3.49. The van der Waals surface area contributed by atoms with E-state index in [0.717, 1.165) is 29.5 Å². The van der Waals surface area contributed by atoms with Crippen LogP contribution in [0.5, 0.6) is 5.75 Å². The lowest BCUT2D eigenvalue weighted by atomic mass is 9.77. The van der Waals surface area contributed by atoms with Crippen molar-refractivity contribution >= 4 is 27.5 Å². The SMILES string of the molecule is NC1(c2noc(CCOc3ccc(Cl)cc3Br)n2)CCC1. The molecule has 1 saturated carbocycles. The van der Waals surface area contributed by atoms with Crippen molar-refractivity contribution in [3.8, 4) is 5.75 Å². The summed E-state index contributed by atoms with van der Waals surface area (Å²) < 4.78 is 11.7. The highest BCUT2D eigenvalue weighted by molar-refractivity contribution is 9.10. The van der Waals surface area contributed by atoms with E-state index in [2.05, 4.69) is 26.1 Å². The van der Waals surface area contributed by atoms with Crippen molar-refractivity contribution < 1.29 is 9.26 Å². The molecule has 0 bridgehead atoms. The molecule has 1 aliphatic carbocycles. The van der Waals surface area contributed by atoms with Gasteiger partial charge in [-0.3, -0.25) is 0 Å². The second-order valence-corrected chi connectivity index (χ2v) is 6.49. The number of aromatic nitrogens is 2. The van der Waals surface area contributed by atoms with Crippen LogP contribution in [0.15, 0.2) is 27.2 Å². The van der Waals surface area contributed by atoms with Gasteiger partial charge < -0.3 is 15.0 Å². The lowest BCUT2D eigenvalue weighted by Gasteiger charge is -2.34. The normalized spacial score (nSPS) is 16.5. The number of halogens is 2. The molecule has 3 rings (SSSR count). The maximum absolute atomic E-state index is 6.16. The topological polar surface area (TPSA) is 74.2 Å². The monoisotopic (exact) mass is 371 g/mol. The Bertz CT molecular complexity index is 643. The molecule has 1 aromatic heterocycles. The molecule has 0 atom stereocenters. The smallest absolute Gasteiger partial charge is 0.230 e. The van der Waals surface area contributed by atoms with Crippen LogP contribution in [0.1, 0.15) is 31.0 Å². The van der Waals surface area contributed by atoms with Gasteiger partial charge in [0.05, 0.1) is 23.0 Å². The Morgan fingerprint density at radius 2 is 2.24 bits per heavy atom. The summed E-state index contributed by atoms with van der Waals surface area (Å²) in [7, 11) is 0. The van der Waals surface area contributed by atoms with Gasteiger partial charge in [-0.2, -0.15) is 4.98 Å². The third kappa shape index (κ3) is 3.22. The Morgan fingerprint density at radius 3 is 2.90 bits per heavy atom. The first-order valence-corrected chi connectivity index (χ1v) is 7.94. The maximum atomic E-state index is 6.16. The standard InChI is InChI=1S/C14H15BrClN3O2/c15-10-8-9(16)2-3-11(10)20-7-4-12-18-13(19-21-12)14(17)5-1-6-14/h2-3,8H,1,4-7,17H2. The molecule has 0 saturated heterocycles. The Kier molecular flexibility index (Phi) is 4.19. The minimum atomic E-state index is -0.387. The summed E-state index contributed by atoms with van der Waals surface area (Å²) in [4.78, 5) is 4.36. The van der Waals surface area contributed by atoms with Crippen LogP contribution in [0.25, 0.3) is 0 Å². The summed E-state index contributed by atoms with van der Waals surface area (Å²) in [5, 5.41) is 4.63. The Balaban J connectivity index is 1.56. The molecule has 0 unspecified atom stereocenters. The zero-order valence-corrected chi connectivity index (χ0v) is 13.7. The molecule has 0 radical (unpaired) electrons. The lowest BCUT2D eigenvalue weighted by Crippen LogP contribution is -2.44. The van der Waals surface area contributed by atoms with E-state index in [1.165, 1.54) is 0 Å². The summed E-state index contributed by atoms with van der Waals surface area (Å²) in [6, 6.07) is 5.38. The Hall–Kier alpha value is -1.11. The fraction of sp³-hybridized carbons (Fsp3) is 0.429. The van der Waals surface area contributed by atoms with Crippen LogP contribution in [-0.2, 0) is 12.0 Å². The lowest BCUT2D eigenvalue weighted by molar-refractivity contribution is 0.228. The van der Waals surface area contributed by atoms with Crippen LogP contribution in [0.4, 0.5) is 0 Å². The van der Waals surface area contributed by atoms with Crippen LogP contribution in [0.3, 0.4) is 0 Å². The minimum absolute atomic E-state index is 0.387. The van der Waals surface area contributed by atoms with Crippen LogP contribution < -0.4 is 10.5 Å². The van der Waals surface area contributed by atoms with Gasteiger partial charge in [-0.15, -0.1) is 0 Å². The van der Waals surface area contributed by atoms with E-state index in [0.29, 0.717) is 29.8 Å². The quantitative estimate of drug-likeness (QED) is 0.870. The molecule has 2 N–H and O–H groups in total. The van der Waals surface area contributed by atoms with Crippen molar-refractivity contribution in [2.24, 2.45) is 5.73 Å². The van der Waals surface area contributed by atoms with Crippen molar-refractivity contribution in [3.63, 3.8) is 0 Å². The average Bonchev–Trinajstić information content (AvgIpc) is 2.88. The van der Waals surface area contributed by atoms with E-state index in [1.54, 1.807) is 12.1 Å². The van der Waals surface area contributed by atoms with Gasteiger partial charge in [0, 0.05) is 5.02 Å². The maximum Gasteiger partial charge on any atom is 0.230 e. The van der Waals surface area contributed by atoms with Crippen molar-refractivity contribution in [2.45, 2.75) is 31.2 Å².